The average molecular weight is 269 g/mol. The van der Waals surface area contributed by atoms with Crippen molar-refractivity contribution in [3.8, 4) is 0 Å². The Morgan fingerprint density at radius 2 is 2.22 bits per heavy atom. The standard InChI is InChI=1S/C14H21ClN2O/c1-10-12(15)5-4-6-13(10)17-7-11(8-18)16-14(2,3)9-17/h4-6,11,16,18H,7-9H2,1-3H3. The number of nitrogens with one attached hydrogen (secondary N) is 1. The topological polar surface area (TPSA) is 35.5 Å². The van der Waals surface area contributed by atoms with Gasteiger partial charge in [-0.2, -0.15) is 0 Å². The third-order valence-electron chi connectivity index (χ3n) is 3.42. The molecule has 2 N–H and O–H groups in total. The van der Waals surface area contributed by atoms with E-state index in [4.69, 9.17) is 11.6 Å². The SMILES string of the molecule is Cc1c(Cl)cccc1N1CC(CO)NC(C)(C)C1. The van der Waals surface area contributed by atoms with E-state index in [0.717, 1.165) is 29.4 Å². The number of aliphatic hydroxyl groups is 1. The van der Waals surface area contributed by atoms with Crippen molar-refractivity contribution in [3.05, 3.63) is 28.8 Å². The monoisotopic (exact) mass is 268 g/mol. The minimum absolute atomic E-state index is 0.0135. The smallest absolute Gasteiger partial charge is 0.0602 e. The van der Waals surface area contributed by atoms with Crippen LogP contribution in [0.2, 0.25) is 5.02 Å². The Balaban J connectivity index is 2.29. The third kappa shape index (κ3) is 2.79. The van der Waals surface area contributed by atoms with Crippen molar-refractivity contribution in [2.45, 2.75) is 32.4 Å². The predicted octanol–water partition coefficient (Wildman–Crippen LogP) is 2.20. The highest BCUT2D eigenvalue weighted by Gasteiger charge is 2.32. The molecular formula is C14H21ClN2O. The summed E-state index contributed by atoms with van der Waals surface area (Å²) in [5.74, 6) is 0. The fraction of sp³-hybridized carbons (Fsp3) is 0.571. The van der Waals surface area contributed by atoms with Gasteiger partial charge < -0.3 is 15.3 Å². The van der Waals surface area contributed by atoms with Gasteiger partial charge in [-0.05, 0) is 38.5 Å². The highest BCUT2D eigenvalue weighted by molar-refractivity contribution is 6.31. The molecule has 1 aliphatic heterocycles. The minimum atomic E-state index is -0.0135. The molecule has 1 aliphatic rings. The van der Waals surface area contributed by atoms with Crippen LogP contribution in [0.5, 0.6) is 0 Å². The van der Waals surface area contributed by atoms with Crippen molar-refractivity contribution in [2.24, 2.45) is 0 Å². The second-order valence-corrected chi connectivity index (χ2v) is 6.08. The van der Waals surface area contributed by atoms with Crippen LogP contribution >= 0.6 is 11.6 Å². The van der Waals surface area contributed by atoms with Crippen molar-refractivity contribution < 1.29 is 5.11 Å². The Hall–Kier alpha value is -0.770. The zero-order chi connectivity index (χ0) is 13.3. The number of hydrogen-bond acceptors (Lipinski definition) is 3. The van der Waals surface area contributed by atoms with E-state index in [9.17, 15) is 5.11 Å². The Kier molecular flexibility index (Phi) is 3.85. The van der Waals surface area contributed by atoms with Gasteiger partial charge in [-0.15, -0.1) is 0 Å². The van der Waals surface area contributed by atoms with Gasteiger partial charge >= 0.3 is 0 Å². The lowest BCUT2D eigenvalue weighted by molar-refractivity contribution is 0.191. The van der Waals surface area contributed by atoms with Crippen LogP contribution in [0, 0.1) is 6.92 Å². The summed E-state index contributed by atoms with van der Waals surface area (Å²) in [6.07, 6.45) is 0. The van der Waals surface area contributed by atoms with Gasteiger partial charge in [0.1, 0.15) is 0 Å². The molecule has 0 aromatic heterocycles. The van der Waals surface area contributed by atoms with Gasteiger partial charge in [0, 0.05) is 35.4 Å². The predicted molar refractivity (Wildman–Crippen MR) is 76.5 cm³/mol. The van der Waals surface area contributed by atoms with Crippen LogP contribution in [0.4, 0.5) is 5.69 Å². The Bertz CT molecular complexity index is 434. The first-order valence-electron chi connectivity index (χ1n) is 6.31. The first kappa shape index (κ1) is 13.7. The number of piperazine rings is 1. The maximum absolute atomic E-state index is 9.40. The fourth-order valence-electron chi connectivity index (χ4n) is 2.68. The fourth-order valence-corrected chi connectivity index (χ4v) is 2.85. The summed E-state index contributed by atoms with van der Waals surface area (Å²) in [4.78, 5) is 2.30. The van der Waals surface area contributed by atoms with Crippen LogP contribution in [0.15, 0.2) is 18.2 Å². The molecule has 0 amide bonds. The molecule has 1 aromatic rings. The third-order valence-corrected chi connectivity index (χ3v) is 3.83. The van der Waals surface area contributed by atoms with Crippen molar-refractivity contribution in [1.29, 1.82) is 0 Å². The molecule has 1 saturated heterocycles. The van der Waals surface area contributed by atoms with Gasteiger partial charge in [-0.25, -0.2) is 0 Å². The number of nitrogens with zero attached hydrogens (tertiary/aromatic N) is 1. The number of benzene rings is 1. The quantitative estimate of drug-likeness (QED) is 0.863. The van der Waals surface area contributed by atoms with Gasteiger partial charge in [-0.1, -0.05) is 17.7 Å². The first-order chi connectivity index (χ1) is 8.43. The summed E-state index contributed by atoms with van der Waals surface area (Å²) < 4.78 is 0. The van der Waals surface area contributed by atoms with Crippen molar-refractivity contribution in [3.63, 3.8) is 0 Å². The molecule has 1 atom stereocenters. The van der Waals surface area contributed by atoms with Crippen LogP contribution < -0.4 is 10.2 Å². The van der Waals surface area contributed by atoms with E-state index < -0.39 is 0 Å². The molecule has 4 heteroatoms. The molecule has 1 fully saturated rings. The largest absolute Gasteiger partial charge is 0.395 e. The summed E-state index contributed by atoms with van der Waals surface area (Å²) in [5.41, 5.74) is 2.25. The second-order valence-electron chi connectivity index (χ2n) is 5.67. The molecule has 18 heavy (non-hydrogen) atoms. The summed E-state index contributed by atoms with van der Waals surface area (Å²) in [7, 11) is 0. The van der Waals surface area contributed by atoms with Crippen LogP contribution in [-0.4, -0.2) is 36.4 Å². The lowest BCUT2D eigenvalue weighted by Crippen LogP contribution is -2.63. The molecule has 0 aliphatic carbocycles. The number of halogens is 1. The van der Waals surface area contributed by atoms with E-state index in [-0.39, 0.29) is 18.2 Å². The molecule has 1 heterocycles. The molecule has 1 unspecified atom stereocenters. The summed E-state index contributed by atoms with van der Waals surface area (Å²) in [6, 6.07) is 6.09. The molecule has 2 rings (SSSR count). The lowest BCUT2D eigenvalue weighted by Gasteiger charge is -2.45. The van der Waals surface area contributed by atoms with Crippen LogP contribution in [-0.2, 0) is 0 Å². The Morgan fingerprint density at radius 1 is 1.50 bits per heavy atom. The second kappa shape index (κ2) is 5.08. The number of anilines is 1. The lowest BCUT2D eigenvalue weighted by atomic mass is 9.97. The van der Waals surface area contributed by atoms with Gasteiger partial charge in [0.25, 0.3) is 0 Å². The molecule has 0 bridgehead atoms. The van der Waals surface area contributed by atoms with Crippen LogP contribution in [0.25, 0.3) is 0 Å². The normalized spacial score (nSPS) is 23.2. The van der Waals surface area contributed by atoms with Gasteiger partial charge in [0.15, 0.2) is 0 Å². The van der Waals surface area contributed by atoms with E-state index in [0.29, 0.717) is 0 Å². The number of rotatable bonds is 2. The molecule has 0 spiro atoms. The molecule has 100 valence electrons. The molecule has 0 saturated carbocycles. The van der Waals surface area contributed by atoms with Crippen molar-refractivity contribution in [1.82, 2.24) is 5.32 Å². The van der Waals surface area contributed by atoms with Gasteiger partial charge in [0.05, 0.1) is 6.61 Å². The van der Waals surface area contributed by atoms with E-state index in [1.807, 2.05) is 19.1 Å². The Morgan fingerprint density at radius 3 is 2.89 bits per heavy atom. The molecular weight excluding hydrogens is 248 g/mol. The highest BCUT2D eigenvalue weighted by atomic mass is 35.5. The van der Waals surface area contributed by atoms with E-state index in [2.05, 4.69) is 30.1 Å². The molecule has 0 radical (unpaired) electrons. The molecule has 1 aromatic carbocycles. The van der Waals surface area contributed by atoms with Crippen molar-refractivity contribution >= 4 is 17.3 Å². The minimum Gasteiger partial charge on any atom is -0.395 e. The summed E-state index contributed by atoms with van der Waals surface area (Å²) in [6.45, 7) is 8.22. The molecule has 3 nitrogen and oxygen atoms in total. The number of hydrogen-bond donors (Lipinski definition) is 2. The maximum atomic E-state index is 9.40. The number of aliphatic hydroxyl groups excluding tert-OH is 1. The van der Waals surface area contributed by atoms with E-state index in [1.165, 1.54) is 0 Å². The Labute approximate surface area is 114 Å². The maximum Gasteiger partial charge on any atom is 0.0602 e. The van der Waals surface area contributed by atoms with Gasteiger partial charge in [0.2, 0.25) is 0 Å². The van der Waals surface area contributed by atoms with E-state index in [1.54, 1.807) is 0 Å². The van der Waals surface area contributed by atoms with Crippen molar-refractivity contribution in [2.75, 3.05) is 24.6 Å². The van der Waals surface area contributed by atoms with E-state index >= 15 is 0 Å². The summed E-state index contributed by atoms with van der Waals surface area (Å²) >= 11 is 6.18. The zero-order valence-corrected chi connectivity index (χ0v) is 12.0. The van der Waals surface area contributed by atoms with Crippen LogP contribution in [0.3, 0.4) is 0 Å². The van der Waals surface area contributed by atoms with Crippen LogP contribution in [0.1, 0.15) is 19.4 Å². The van der Waals surface area contributed by atoms with Gasteiger partial charge in [-0.3, -0.25) is 0 Å². The zero-order valence-electron chi connectivity index (χ0n) is 11.2. The first-order valence-corrected chi connectivity index (χ1v) is 6.69. The summed E-state index contributed by atoms with van der Waals surface area (Å²) in [5, 5.41) is 13.6. The average Bonchev–Trinajstić information content (AvgIpc) is 2.30. The highest BCUT2D eigenvalue weighted by Crippen LogP contribution is 2.29.